The second-order valence-corrected chi connectivity index (χ2v) is 6.38. The summed E-state index contributed by atoms with van der Waals surface area (Å²) in [7, 11) is 0. The van der Waals surface area contributed by atoms with Gasteiger partial charge in [-0.1, -0.05) is 29.8 Å². The average molecular weight is 493 g/mol. The van der Waals surface area contributed by atoms with Crippen molar-refractivity contribution in [3.05, 3.63) is 57.2 Å². The van der Waals surface area contributed by atoms with Gasteiger partial charge in [0.15, 0.2) is 5.96 Å². The first-order valence-corrected chi connectivity index (χ1v) is 9.03. The van der Waals surface area contributed by atoms with E-state index in [0.29, 0.717) is 30.2 Å². The monoisotopic (exact) mass is 492 g/mol. The van der Waals surface area contributed by atoms with Crippen LogP contribution in [-0.2, 0) is 6.54 Å². The van der Waals surface area contributed by atoms with Gasteiger partial charge in [0, 0.05) is 24.5 Å². The first-order valence-electron chi connectivity index (χ1n) is 7.78. The van der Waals surface area contributed by atoms with Crippen molar-refractivity contribution >= 4 is 58.8 Å². The molecular formula is C17H22ClIN4OS. The number of nitrogens with zero attached hydrogens (tertiary/aromatic N) is 1. The molecule has 0 saturated heterocycles. The third kappa shape index (κ3) is 7.62. The number of hydrogen-bond acceptors (Lipinski definition) is 3. The minimum Gasteiger partial charge on any atom is -0.357 e. The van der Waals surface area contributed by atoms with Crippen LogP contribution in [0, 0.1) is 0 Å². The molecule has 0 aliphatic heterocycles. The van der Waals surface area contributed by atoms with Crippen molar-refractivity contribution in [3.63, 3.8) is 0 Å². The molecule has 1 heterocycles. The second-order valence-electron chi connectivity index (χ2n) is 4.94. The minimum absolute atomic E-state index is 0. The fourth-order valence-electron chi connectivity index (χ4n) is 2.00. The Hall–Kier alpha value is -1.32. The first-order chi connectivity index (χ1) is 11.7. The van der Waals surface area contributed by atoms with Crippen LogP contribution in [0.5, 0.6) is 0 Å². The van der Waals surface area contributed by atoms with Gasteiger partial charge in [-0.25, -0.2) is 4.99 Å². The van der Waals surface area contributed by atoms with Gasteiger partial charge in [0.25, 0.3) is 5.91 Å². The number of guanidine groups is 1. The predicted octanol–water partition coefficient (Wildman–Crippen LogP) is 3.50. The van der Waals surface area contributed by atoms with Crippen LogP contribution in [0.2, 0.25) is 5.02 Å². The highest BCUT2D eigenvalue weighted by atomic mass is 127. The number of aliphatic imine (C=N–C) groups is 1. The predicted molar refractivity (Wildman–Crippen MR) is 116 cm³/mol. The Morgan fingerprint density at radius 3 is 2.56 bits per heavy atom. The first kappa shape index (κ1) is 21.7. The van der Waals surface area contributed by atoms with Crippen molar-refractivity contribution in [1.29, 1.82) is 0 Å². The molecule has 0 aliphatic carbocycles. The van der Waals surface area contributed by atoms with E-state index in [1.54, 1.807) is 35.6 Å². The summed E-state index contributed by atoms with van der Waals surface area (Å²) in [6.07, 6.45) is 0. The lowest BCUT2D eigenvalue weighted by Gasteiger charge is -2.12. The Labute approximate surface area is 174 Å². The molecule has 0 saturated carbocycles. The number of carbonyl (C=O) groups is 1. The summed E-state index contributed by atoms with van der Waals surface area (Å²) in [5.74, 6) is 0.556. The molecule has 136 valence electrons. The summed E-state index contributed by atoms with van der Waals surface area (Å²) < 4.78 is 0. The molecule has 0 aliphatic rings. The number of hydrogen-bond donors (Lipinski definition) is 3. The highest BCUT2D eigenvalue weighted by Gasteiger charge is 2.08. The summed E-state index contributed by atoms with van der Waals surface area (Å²) in [5.41, 5.74) is 0.484. The molecule has 0 spiro atoms. The molecule has 3 N–H and O–H groups in total. The van der Waals surface area contributed by atoms with Gasteiger partial charge in [-0.2, -0.15) is 0 Å². The van der Waals surface area contributed by atoms with E-state index in [1.807, 2.05) is 18.4 Å². The molecular weight excluding hydrogens is 471 g/mol. The Morgan fingerprint density at radius 2 is 1.88 bits per heavy atom. The molecule has 0 atom stereocenters. The van der Waals surface area contributed by atoms with Gasteiger partial charge in [-0.3, -0.25) is 4.79 Å². The van der Waals surface area contributed by atoms with Gasteiger partial charge in [0.1, 0.15) is 0 Å². The van der Waals surface area contributed by atoms with Crippen molar-refractivity contribution < 1.29 is 4.79 Å². The zero-order valence-electron chi connectivity index (χ0n) is 13.9. The zero-order chi connectivity index (χ0) is 17.2. The molecule has 5 nitrogen and oxygen atoms in total. The van der Waals surface area contributed by atoms with Crippen LogP contribution in [0.3, 0.4) is 0 Å². The molecule has 2 rings (SSSR count). The number of carbonyl (C=O) groups excluding carboxylic acids is 1. The standard InChI is InChI=1S/C17H21ClN4OS.HI/c1-2-19-17(22-12-13-6-5-11-24-13)21-10-9-20-16(23)14-7-3-4-8-15(14)18;/h3-8,11H,2,9-10,12H2,1H3,(H,20,23)(H2,19,21,22);1H. The van der Waals surface area contributed by atoms with Crippen molar-refractivity contribution in [2.24, 2.45) is 4.99 Å². The van der Waals surface area contributed by atoms with E-state index in [2.05, 4.69) is 27.0 Å². The molecule has 0 radical (unpaired) electrons. The summed E-state index contributed by atoms with van der Waals surface area (Å²) in [4.78, 5) is 17.8. The lowest BCUT2D eigenvalue weighted by molar-refractivity contribution is 0.0954. The largest absolute Gasteiger partial charge is 0.357 e. The second kappa shape index (κ2) is 12.1. The minimum atomic E-state index is -0.178. The van der Waals surface area contributed by atoms with Crippen LogP contribution < -0.4 is 16.0 Å². The van der Waals surface area contributed by atoms with Gasteiger partial charge >= 0.3 is 0 Å². The summed E-state index contributed by atoms with van der Waals surface area (Å²) >= 11 is 7.69. The third-order valence-electron chi connectivity index (χ3n) is 3.14. The van der Waals surface area contributed by atoms with E-state index >= 15 is 0 Å². The SMILES string of the molecule is CCNC(=NCc1cccs1)NCCNC(=O)c1ccccc1Cl.I. The highest BCUT2D eigenvalue weighted by molar-refractivity contribution is 14.0. The van der Waals surface area contributed by atoms with Crippen LogP contribution in [0.1, 0.15) is 22.2 Å². The summed E-state index contributed by atoms with van der Waals surface area (Å²) in [6.45, 7) is 4.49. The molecule has 8 heteroatoms. The van der Waals surface area contributed by atoms with Gasteiger partial charge < -0.3 is 16.0 Å². The molecule has 0 fully saturated rings. The summed E-state index contributed by atoms with van der Waals surface area (Å²) in [5, 5.41) is 11.7. The van der Waals surface area contributed by atoms with E-state index in [9.17, 15) is 4.79 Å². The number of rotatable bonds is 7. The highest BCUT2D eigenvalue weighted by Crippen LogP contribution is 2.14. The molecule has 0 bridgehead atoms. The van der Waals surface area contributed by atoms with E-state index < -0.39 is 0 Å². The van der Waals surface area contributed by atoms with E-state index in [1.165, 1.54) is 4.88 Å². The molecule has 1 aromatic carbocycles. The normalized spacial score (nSPS) is 10.7. The van der Waals surface area contributed by atoms with Crippen LogP contribution in [-0.4, -0.2) is 31.5 Å². The Morgan fingerprint density at radius 1 is 1.12 bits per heavy atom. The topological polar surface area (TPSA) is 65.5 Å². The van der Waals surface area contributed by atoms with Crippen molar-refractivity contribution in [1.82, 2.24) is 16.0 Å². The number of benzene rings is 1. The maximum atomic E-state index is 12.0. The Bertz CT molecular complexity index is 679. The molecule has 2 aromatic rings. The van der Waals surface area contributed by atoms with Gasteiger partial charge in [-0.15, -0.1) is 35.3 Å². The van der Waals surface area contributed by atoms with Crippen molar-refractivity contribution in [3.8, 4) is 0 Å². The lowest BCUT2D eigenvalue weighted by Crippen LogP contribution is -2.41. The smallest absolute Gasteiger partial charge is 0.252 e. The zero-order valence-corrected chi connectivity index (χ0v) is 17.8. The van der Waals surface area contributed by atoms with Crippen LogP contribution in [0.4, 0.5) is 0 Å². The number of halogens is 2. The molecule has 1 aromatic heterocycles. The Kier molecular flexibility index (Phi) is 10.5. The Balaban J connectivity index is 0.00000312. The summed E-state index contributed by atoms with van der Waals surface area (Å²) in [6, 6.07) is 11.1. The maximum Gasteiger partial charge on any atom is 0.252 e. The van der Waals surface area contributed by atoms with Gasteiger partial charge in [0.05, 0.1) is 17.1 Å². The van der Waals surface area contributed by atoms with E-state index in [4.69, 9.17) is 11.6 Å². The van der Waals surface area contributed by atoms with Crippen molar-refractivity contribution in [2.75, 3.05) is 19.6 Å². The van der Waals surface area contributed by atoms with E-state index in [0.717, 1.165) is 12.5 Å². The van der Waals surface area contributed by atoms with Crippen LogP contribution in [0.25, 0.3) is 0 Å². The quantitative estimate of drug-likeness (QED) is 0.240. The number of amides is 1. The molecule has 0 unspecified atom stereocenters. The van der Waals surface area contributed by atoms with Crippen LogP contribution >= 0.6 is 46.9 Å². The van der Waals surface area contributed by atoms with Gasteiger partial charge in [-0.05, 0) is 30.5 Å². The van der Waals surface area contributed by atoms with Crippen LogP contribution in [0.15, 0.2) is 46.8 Å². The van der Waals surface area contributed by atoms with E-state index in [-0.39, 0.29) is 29.9 Å². The number of thiophene rings is 1. The third-order valence-corrected chi connectivity index (χ3v) is 4.33. The van der Waals surface area contributed by atoms with Gasteiger partial charge in [0.2, 0.25) is 0 Å². The lowest BCUT2D eigenvalue weighted by atomic mass is 10.2. The molecule has 1 amide bonds. The maximum absolute atomic E-state index is 12.0. The fourth-order valence-corrected chi connectivity index (χ4v) is 2.85. The average Bonchev–Trinajstić information content (AvgIpc) is 3.10. The fraction of sp³-hybridized carbons (Fsp3) is 0.294. The molecule has 25 heavy (non-hydrogen) atoms. The van der Waals surface area contributed by atoms with Crippen molar-refractivity contribution in [2.45, 2.75) is 13.5 Å². The number of nitrogens with one attached hydrogen (secondary N) is 3.